The molecule has 110 valence electrons. The van der Waals surface area contributed by atoms with Crippen LogP contribution in [0.25, 0.3) is 0 Å². The Morgan fingerprint density at radius 2 is 1.58 bits per heavy atom. The van der Waals surface area contributed by atoms with Gasteiger partial charge in [0.1, 0.15) is 0 Å². The average Bonchev–Trinajstić information content (AvgIpc) is 2.69. The number of carbonyl (C=O) groups excluding carboxylic acids is 1. The fraction of sp³-hybridized carbons (Fsp3) is 0.917. The number of nitrogens with zero attached hydrogens (tertiary/aromatic N) is 1. The lowest BCUT2D eigenvalue weighted by atomic mass is 9.76. The summed E-state index contributed by atoms with van der Waals surface area (Å²) in [7, 11) is -2.79. The van der Waals surface area contributed by atoms with Gasteiger partial charge in [0.2, 0.25) is 5.91 Å². The third-order valence-corrected chi connectivity index (χ3v) is 6.86. The highest BCUT2D eigenvalue weighted by Gasteiger charge is 2.50. The first kappa shape index (κ1) is 15.1. The van der Waals surface area contributed by atoms with Crippen LogP contribution < -0.4 is 17.7 Å². The molecule has 0 aromatic heterocycles. The Morgan fingerprint density at radius 1 is 1.00 bits per heavy atom. The van der Waals surface area contributed by atoms with Crippen molar-refractivity contribution in [3.63, 3.8) is 0 Å². The van der Waals surface area contributed by atoms with Gasteiger partial charge in [-0.3, -0.25) is 4.79 Å². The maximum absolute atomic E-state index is 11.9. The first-order chi connectivity index (χ1) is 8.46. The van der Waals surface area contributed by atoms with Gasteiger partial charge in [-0.1, -0.05) is 0 Å². The van der Waals surface area contributed by atoms with E-state index in [-0.39, 0.29) is 23.7 Å². The van der Waals surface area contributed by atoms with Crippen LogP contribution in [-0.4, -0.2) is 63.0 Å². The quantitative estimate of drug-likeness (QED) is 0.473. The predicted molar refractivity (Wildman–Crippen MR) is 67.7 cm³/mol. The van der Waals surface area contributed by atoms with E-state index in [4.69, 9.17) is 0 Å². The van der Waals surface area contributed by atoms with Gasteiger partial charge in [-0.15, -0.1) is 0 Å². The summed E-state index contributed by atoms with van der Waals surface area (Å²) in [6, 6.07) is 0. The second-order valence-corrected chi connectivity index (χ2v) is 8.48. The van der Waals surface area contributed by atoms with Crippen molar-refractivity contribution in [2.24, 2.45) is 5.41 Å². The van der Waals surface area contributed by atoms with E-state index in [1.54, 1.807) is 0 Å². The van der Waals surface area contributed by atoms with Crippen molar-refractivity contribution in [1.82, 2.24) is 5.32 Å². The van der Waals surface area contributed by atoms with Crippen molar-refractivity contribution in [2.75, 3.05) is 44.2 Å². The van der Waals surface area contributed by atoms with E-state index in [0.29, 0.717) is 11.5 Å². The lowest BCUT2D eigenvalue weighted by Gasteiger charge is -2.48. The zero-order chi connectivity index (χ0) is 12.9. The Hall–Kier alpha value is -0.330. The minimum absolute atomic E-state index is 0. The van der Waals surface area contributed by atoms with E-state index < -0.39 is 9.84 Å². The number of sulfone groups is 1. The molecule has 1 amide bonds. The predicted octanol–water partition coefficient (Wildman–Crippen LogP) is -3.46. The minimum Gasteiger partial charge on any atom is -1.00 e. The van der Waals surface area contributed by atoms with Crippen LogP contribution in [0.5, 0.6) is 0 Å². The number of hydrogen-bond acceptors (Lipinski definition) is 3. The van der Waals surface area contributed by atoms with Gasteiger partial charge in [0.15, 0.2) is 9.84 Å². The highest BCUT2D eigenvalue weighted by Crippen LogP contribution is 2.40. The first-order valence-corrected chi connectivity index (χ1v) is 8.62. The lowest BCUT2D eigenvalue weighted by molar-refractivity contribution is -0.931. The molecule has 2 spiro atoms. The summed E-state index contributed by atoms with van der Waals surface area (Å²) in [6.07, 6.45) is 2.82. The normalized spacial score (nSPS) is 30.8. The van der Waals surface area contributed by atoms with Crippen LogP contribution in [0.1, 0.15) is 19.3 Å². The van der Waals surface area contributed by atoms with Crippen LogP contribution in [0.3, 0.4) is 0 Å². The molecule has 3 aliphatic rings. The third-order valence-electron chi connectivity index (χ3n) is 5.25. The molecule has 5 nitrogen and oxygen atoms in total. The van der Waals surface area contributed by atoms with Crippen molar-refractivity contribution in [2.45, 2.75) is 19.3 Å². The molecule has 0 aliphatic carbocycles. The molecule has 3 heterocycles. The maximum atomic E-state index is 11.9. The fourth-order valence-corrected chi connectivity index (χ4v) is 5.19. The SMILES string of the molecule is O=C1NCCC12CC[N+]1(CC2)CCS(=O)(=O)CC1.[Cl-]. The summed E-state index contributed by atoms with van der Waals surface area (Å²) in [4.78, 5) is 11.9. The van der Waals surface area contributed by atoms with Crippen LogP contribution in [0.4, 0.5) is 0 Å². The molecular formula is C12H21ClN2O3S. The molecule has 0 bridgehead atoms. The smallest absolute Gasteiger partial charge is 0.226 e. The molecule has 7 heteroatoms. The van der Waals surface area contributed by atoms with E-state index in [1.165, 1.54) is 0 Å². The fourth-order valence-electron chi connectivity index (χ4n) is 3.66. The standard InChI is InChI=1S/C12H20N2O3S.ClH/c15-11-12(1-4-13-11)2-5-14(6-3-12)7-9-18(16,17)10-8-14;/h1-10H2;1H. The van der Waals surface area contributed by atoms with Gasteiger partial charge in [-0.2, -0.15) is 0 Å². The largest absolute Gasteiger partial charge is 1.00 e. The van der Waals surface area contributed by atoms with Gasteiger partial charge in [-0.25, -0.2) is 8.42 Å². The summed E-state index contributed by atoms with van der Waals surface area (Å²) in [5.41, 5.74) is -0.125. The van der Waals surface area contributed by atoms with E-state index in [2.05, 4.69) is 5.32 Å². The van der Waals surface area contributed by atoms with Crippen LogP contribution in [0.15, 0.2) is 0 Å². The van der Waals surface area contributed by atoms with Crippen LogP contribution >= 0.6 is 0 Å². The molecule has 0 unspecified atom stereocenters. The number of nitrogens with one attached hydrogen (secondary N) is 1. The van der Waals surface area contributed by atoms with Crippen molar-refractivity contribution in [1.29, 1.82) is 0 Å². The van der Waals surface area contributed by atoms with Crippen molar-refractivity contribution in [3.05, 3.63) is 0 Å². The summed E-state index contributed by atoms with van der Waals surface area (Å²) in [5.74, 6) is 0.878. The van der Waals surface area contributed by atoms with Crippen LogP contribution in [0.2, 0.25) is 0 Å². The number of rotatable bonds is 0. The van der Waals surface area contributed by atoms with E-state index in [9.17, 15) is 13.2 Å². The monoisotopic (exact) mass is 308 g/mol. The third kappa shape index (κ3) is 2.62. The van der Waals surface area contributed by atoms with Crippen molar-refractivity contribution in [3.8, 4) is 0 Å². The van der Waals surface area contributed by atoms with Gasteiger partial charge in [0.25, 0.3) is 0 Å². The summed E-state index contributed by atoms with van der Waals surface area (Å²) in [6.45, 7) is 4.26. The molecule has 0 radical (unpaired) electrons. The second-order valence-electron chi connectivity index (χ2n) is 6.17. The molecule has 1 N–H and O–H groups in total. The Balaban J connectivity index is 0.00000133. The summed E-state index contributed by atoms with van der Waals surface area (Å²) in [5, 5.41) is 2.94. The van der Waals surface area contributed by atoms with E-state index in [1.807, 2.05) is 0 Å². The van der Waals surface area contributed by atoms with Gasteiger partial charge < -0.3 is 22.2 Å². The number of halogens is 1. The highest BCUT2D eigenvalue weighted by molar-refractivity contribution is 7.91. The molecule has 19 heavy (non-hydrogen) atoms. The van der Waals surface area contributed by atoms with E-state index >= 15 is 0 Å². The number of quaternary nitrogens is 1. The van der Waals surface area contributed by atoms with Crippen LogP contribution in [0, 0.1) is 5.41 Å². The van der Waals surface area contributed by atoms with Gasteiger partial charge in [-0.05, 0) is 6.42 Å². The summed E-state index contributed by atoms with van der Waals surface area (Å²) >= 11 is 0. The molecular weight excluding hydrogens is 288 g/mol. The second kappa shape index (κ2) is 4.90. The minimum atomic E-state index is -2.79. The number of amides is 1. The lowest BCUT2D eigenvalue weighted by Crippen LogP contribution is -3.00. The zero-order valence-corrected chi connectivity index (χ0v) is 12.6. The number of carbonyl (C=O) groups is 1. The molecule has 3 fully saturated rings. The number of piperidine rings is 1. The molecule has 0 aromatic carbocycles. The Bertz CT molecular complexity index is 453. The van der Waals surface area contributed by atoms with Gasteiger partial charge in [0, 0.05) is 19.4 Å². The van der Waals surface area contributed by atoms with E-state index in [0.717, 1.165) is 56.5 Å². The molecule has 0 saturated carbocycles. The van der Waals surface area contributed by atoms with Crippen molar-refractivity contribution < 1.29 is 30.1 Å². The van der Waals surface area contributed by atoms with Crippen molar-refractivity contribution >= 4 is 15.7 Å². The highest BCUT2D eigenvalue weighted by atomic mass is 35.5. The van der Waals surface area contributed by atoms with Gasteiger partial charge >= 0.3 is 0 Å². The Morgan fingerprint density at radius 3 is 2.05 bits per heavy atom. The first-order valence-electron chi connectivity index (χ1n) is 6.79. The van der Waals surface area contributed by atoms with Crippen LogP contribution in [-0.2, 0) is 14.6 Å². The molecule has 3 rings (SSSR count). The molecule has 0 aromatic rings. The Kier molecular flexibility index (Phi) is 3.88. The maximum Gasteiger partial charge on any atom is 0.226 e. The zero-order valence-electron chi connectivity index (χ0n) is 11.0. The molecule has 3 saturated heterocycles. The molecule has 0 atom stereocenters. The van der Waals surface area contributed by atoms with Gasteiger partial charge in [0.05, 0.1) is 43.1 Å². The Labute approximate surface area is 120 Å². The topological polar surface area (TPSA) is 63.2 Å². The number of hydrogen-bond donors (Lipinski definition) is 1. The molecule has 3 aliphatic heterocycles. The summed E-state index contributed by atoms with van der Waals surface area (Å²) < 4.78 is 23.9. The average molecular weight is 309 g/mol.